The molecule has 4 nitrogen and oxygen atoms in total. The Morgan fingerprint density at radius 2 is 2.20 bits per heavy atom. The van der Waals surface area contributed by atoms with Crippen molar-refractivity contribution in [1.82, 2.24) is 0 Å². The van der Waals surface area contributed by atoms with E-state index in [-0.39, 0.29) is 12.2 Å². The predicted molar refractivity (Wildman–Crippen MR) is 50.5 cm³/mol. The Bertz CT molecular complexity index is 371. The van der Waals surface area contributed by atoms with Crippen molar-refractivity contribution in [2.45, 2.75) is 6.04 Å². The van der Waals surface area contributed by atoms with E-state index >= 15 is 0 Å². The van der Waals surface area contributed by atoms with Gasteiger partial charge in [-0.2, -0.15) is 0 Å². The molecule has 0 bridgehead atoms. The van der Waals surface area contributed by atoms with Gasteiger partial charge in [-0.05, 0) is 18.2 Å². The van der Waals surface area contributed by atoms with Gasteiger partial charge in [0.25, 0.3) is 0 Å². The van der Waals surface area contributed by atoms with Gasteiger partial charge >= 0.3 is 5.97 Å². The van der Waals surface area contributed by atoms with E-state index in [4.69, 9.17) is 10.8 Å². The molecular weight excluding hydrogens is 206 g/mol. The Hall–Kier alpha value is -1.69. The Balaban J connectivity index is 2.65. The average Bonchev–Trinajstić information content (AvgIpc) is 2.18. The first kappa shape index (κ1) is 11.4. The molecule has 0 aliphatic rings. The highest BCUT2D eigenvalue weighted by Gasteiger charge is 2.12. The van der Waals surface area contributed by atoms with Crippen molar-refractivity contribution >= 4 is 11.7 Å². The lowest BCUT2D eigenvalue weighted by Crippen LogP contribution is -2.37. The van der Waals surface area contributed by atoms with Crippen LogP contribution in [-0.4, -0.2) is 23.7 Å². The highest BCUT2D eigenvalue weighted by molar-refractivity contribution is 5.74. The summed E-state index contributed by atoms with van der Waals surface area (Å²) in [6.45, 7) is -0.171. The number of carbonyl (C=O) groups is 1. The number of carboxylic acid groups (broad SMARTS) is 1. The number of hydrogen-bond donors (Lipinski definition) is 3. The number of hydrogen-bond acceptors (Lipinski definition) is 3. The van der Waals surface area contributed by atoms with Crippen molar-refractivity contribution < 1.29 is 18.7 Å². The van der Waals surface area contributed by atoms with E-state index in [1.807, 2.05) is 0 Å². The Kier molecular flexibility index (Phi) is 3.56. The first-order valence-electron chi connectivity index (χ1n) is 4.18. The number of rotatable bonds is 4. The van der Waals surface area contributed by atoms with E-state index in [0.29, 0.717) is 0 Å². The van der Waals surface area contributed by atoms with Crippen molar-refractivity contribution in [1.29, 1.82) is 0 Å². The standard InChI is InChI=1S/C9H10F2N2O2/c10-5-1-2-6(11)8(3-5)13-4-7(12)9(14)15/h1-3,7,13H,4,12H2,(H,14,15). The molecule has 0 aliphatic carbocycles. The van der Waals surface area contributed by atoms with Gasteiger partial charge < -0.3 is 16.2 Å². The zero-order chi connectivity index (χ0) is 11.4. The highest BCUT2D eigenvalue weighted by Crippen LogP contribution is 2.14. The van der Waals surface area contributed by atoms with Gasteiger partial charge in [0.05, 0.1) is 5.69 Å². The summed E-state index contributed by atoms with van der Waals surface area (Å²) in [4.78, 5) is 10.3. The zero-order valence-electron chi connectivity index (χ0n) is 7.71. The lowest BCUT2D eigenvalue weighted by Gasteiger charge is -2.10. The van der Waals surface area contributed by atoms with E-state index in [1.165, 1.54) is 0 Å². The summed E-state index contributed by atoms with van der Waals surface area (Å²) in [5, 5.41) is 10.9. The molecule has 0 spiro atoms. The van der Waals surface area contributed by atoms with Crippen molar-refractivity contribution in [3.63, 3.8) is 0 Å². The largest absolute Gasteiger partial charge is 0.480 e. The van der Waals surface area contributed by atoms with Crippen LogP contribution in [-0.2, 0) is 4.79 Å². The minimum atomic E-state index is -1.21. The fraction of sp³-hybridized carbons (Fsp3) is 0.222. The summed E-state index contributed by atoms with van der Waals surface area (Å²) < 4.78 is 25.7. The molecule has 1 atom stereocenters. The molecule has 1 aromatic carbocycles. The molecule has 0 aromatic heterocycles. The Labute approximate surface area is 84.7 Å². The second-order valence-corrected chi connectivity index (χ2v) is 2.95. The van der Waals surface area contributed by atoms with Crippen LogP contribution in [0.15, 0.2) is 18.2 Å². The smallest absolute Gasteiger partial charge is 0.322 e. The van der Waals surface area contributed by atoms with Crippen molar-refractivity contribution in [3.8, 4) is 0 Å². The third-order valence-electron chi connectivity index (χ3n) is 1.76. The van der Waals surface area contributed by atoms with Crippen LogP contribution in [0, 0.1) is 11.6 Å². The van der Waals surface area contributed by atoms with Gasteiger partial charge in [0, 0.05) is 6.54 Å². The number of benzene rings is 1. The molecule has 4 N–H and O–H groups in total. The molecule has 1 aromatic rings. The molecule has 0 saturated heterocycles. The molecule has 1 unspecified atom stereocenters. The fourth-order valence-electron chi connectivity index (χ4n) is 0.940. The predicted octanol–water partition coefficient (Wildman–Crippen LogP) is 0.789. The molecule has 82 valence electrons. The second kappa shape index (κ2) is 4.70. The lowest BCUT2D eigenvalue weighted by molar-refractivity contribution is -0.138. The van der Waals surface area contributed by atoms with E-state index < -0.39 is 23.6 Å². The summed E-state index contributed by atoms with van der Waals surface area (Å²) in [6.07, 6.45) is 0. The maximum absolute atomic E-state index is 13.0. The molecule has 1 rings (SSSR count). The first-order chi connectivity index (χ1) is 7.00. The van der Waals surface area contributed by atoms with Crippen LogP contribution in [0.3, 0.4) is 0 Å². The van der Waals surface area contributed by atoms with E-state index in [2.05, 4.69) is 5.32 Å². The van der Waals surface area contributed by atoms with Crippen LogP contribution in [0.25, 0.3) is 0 Å². The summed E-state index contributed by atoms with van der Waals surface area (Å²) in [7, 11) is 0. The SMILES string of the molecule is NC(CNc1cc(F)ccc1F)C(=O)O. The molecule has 0 aliphatic heterocycles. The summed E-state index contributed by atoms with van der Waals surface area (Å²) in [6, 6.07) is 1.69. The number of nitrogens with one attached hydrogen (secondary N) is 1. The number of halogens is 2. The van der Waals surface area contributed by atoms with E-state index in [9.17, 15) is 13.6 Å². The molecule has 6 heteroatoms. The monoisotopic (exact) mass is 216 g/mol. The van der Waals surface area contributed by atoms with Crippen LogP contribution in [0.1, 0.15) is 0 Å². The first-order valence-corrected chi connectivity index (χ1v) is 4.18. The minimum Gasteiger partial charge on any atom is -0.480 e. The van der Waals surface area contributed by atoms with Crippen LogP contribution in [0.2, 0.25) is 0 Å². The Morgan fingerprint density at radius 3 is 2.80 bits per heavy atom. The van der Waals surface area contributed by atoms with Gasteiger partial charge in [-0.3, -0.25) is 4.79 Å². The number of carboxylic acids is 1. The van der Waals surface area contributed by atoms with Gasteiger partial charge in [-0.25, -0.2) is 8.78 Å². The second-order valence-electron chi connectivity index (χ2n) is 2.95. The quantitative estimate of drug-likeness (QED) is 0.695. The summed E-state index contributed by atoms with van der Waals surface area (Å²) in [5.41, 5.74) is 5.07. The number of anilines is 1. The minimum absolute atomic E-state index is 0.105. The molecule has 0 saturated carbocycles. The molecule has 0 radical (unpaired) electrons. The van der Waals surface area contributed by atoms with Gasteiger partial charge in [-0.1, -0.05) is 0 Å². The third-order valence-corrected chi connectivity index (χ3v) is 1.76. The summed E-state index contributed by atoms with van der Waals surface area (Å²) in [5.74, 6) is -2.48. The molecule has 0 fully saturated rings. The van der Waals surface area contributed by atoms with Crippen LogP contribution in [0.5, 0.6) is 0 Å². The number of aliphatic carboxylic acids is 1. The van der Waals surface area contributed by atoms with Crippen molar-refractivity contribution in [2.24, 2.45) is 5.73 Å². The lowest BCUT2D eigenvalue weighted by atomic mass is 10.2. The molecule has 15 heavy (non-hydrogen) atoms. The van der Waals surface area contributed by atoms with Crippen LogP contribution >= 0.6 is 0 Å². The average molecular weight is 216 g/mol. The molecule has 0 amide bonds. The normalized spacial score (nSPS) is 12.2. The maximum Gasteiger partial charge on any atom is 0.322 e. The van der Waals surface area contributed by atoms with Gasteiger partial charge in [-0.15, -0.1) is 0 Å². The Morgan fingerprint density at radius 1 is 1.53 bits per heavy atom. The highest BCUT2D eigenvalue weighted by atomic mass is 19.1. The molecular formula is C9H10F2N2O2. The summed E-state index contributed by atoms with van der Waals surface area (Å²) >= 11 is 0. The van der Waals surface area contributed by atoms with Crippen LogP contribution in [0.4, 0.5) is 14.5 Å². The van der Waals surface area contributed by atoms with Crippen molar-refractivity contribution in [3.05, 3.63) is 29.8 Å². The zero-order valence-corrected chi connectivity index (χ0v) is 7.71. The van der Waals surface area contributed by atoms with E-state index in [0.717, 1.165) is 18.2 Å². The van der Waals surface area contributed by atoms with Gasteiger partial charge in [0.15, 0.2) is 0 Å². The van der Waals surface area contributed by atoms with Gasteiger partial charge in [0.2, 0.25) is 0 Å². The van der Waals surface area contributed by atoms with E-state index in [1.54, 1.807) is 0 Å². The fourth-order valence-corrected chi connectivity index (χ4v) is 0.940. The van der Waals surface area contributed by atoms with Gasteiger partial charge in [0.1, 0.15) is 17.7 Å². The topological polar surface area (TPSA) is 75.3 Å². The number of nitrogens with two attached hydrogens (primary N) is 1. The van der Waals surface area contributed by atoms with Crippen LogP contribution < -0.4 is 11.1 Å². The van der Waals surface area contributed by atoms with Crippen molar-refractivity contribution in [2.75, 3.05) is 11.9 Å². The molecule has 0 heterocycles. The maximum atomic E-state index is 13.0. The third kappa shape index (κ3) is 3.17.